The van der Waals surface area contributed by atoms with Crippen LogP contribution in [0.2, 0.25) is 0 Å². The molecule has 11 heteroatoms. The van der Waals surface area contributed by atoms with E-state index in [1.54, 1.807) is 12.3 Å². The van der Waals surface area contributed by atoms with Crippen LogP contribution in [0, 0.1) is 11.6 Å². The summed E-state index contributed by atoms with van der Waals surface area (Å²) >= 11 is 0. The SMILES string of the molecule is CCc1c(F)ccc2cc(O)cc(-c3ncc4c(N5CC6CCC(C5)O6)nc(OCC56CCCN5C[C@H](F)C6)nc4c3F)c12. The zero-order valence-electron chi connectivity index (χ0n) is 24.5. The summed E-state index contributed by atoms with van der Waals surface area (Å²) in [6.07, 6.45) is 5.23. The number of hydrogen-bond acceptors (Lipinski definition) is 8. The van der Waals surface area contributed by atoms with Crippen LogP contribution in [0.1, 0.15) is 44.6 Å². The zero-order chi connectivity index (χ0) is 30.2. The molecule has 4 atom stereocenters. The molecule has 0 amide bonds. The molecule has 3 unspecified atom stereocenters. The van der Waals surface area contributed by atoms with E-state index in [-0.39, 0.29) is 47.3 Å². The molecule has 1 N–H and O–H groups in total. The predicted octanol–water partition coefficient (Wildman–Crippen LogP) is 5.71. The van der Waals surface area contributed by atoms with Crippen molar-refractivity contribution in [2.75, 3.05) is 37.7 Å². The minimum absolute atomic E-state index is 0.0204. The molecule has 8 rings (SSSR count). The summed E-state index contributed by atoms with van der Waals surface area (Å²) in [6, 6.07) is 5.90. The lowest BCUT2D eigenvalue weighted by Gasteiger charge is -2.34. The van der Waals surface area contributed by atoms with E-state index >= 15 is 4.39 Å². The normalized spacial score (nSPS) is 26.6. The average Bonchev–Trinajstić information content (AvgIpc) is 3.66. The third kappa shape index (κ3) is 4.46. The highest BCUT2D eigenvalue weighted by atomic mass is 19.1. The lowest BCUT2D eigenvalue weighted by molar-refractivity contribution is 0.0302. The maximum Gasteiger partial charge on any atom is 0.319 e. The third-order valence-corrected chi connectivity index (χ3v) is 9.98. The fourth-order valence-corrected chi connectivity index (χ4v) is 7.98. The number of rotatable bonds is 6. The first-order valence-electron chi connectivity index (χ1n) is 15.5. The van der Waals surface area contributed by atoms with E-state index in [2.05, 4.69) is 19.8 Å². The van der Waals surface area contributed by atoms with Crippen molar-refractivity contribution in [3.63, 3.8) is 0 Å². The van der Waals surface area contributed by atoms with E-state index in [1.165, 1.54) is 18.2 Å². The summed E-state index contributed by atoms with van der Waals surface area (Å²) in [6.45, 7) is 4.46. The summed E-state index contributed by atoms with van der Waals surface area (Å²) in [5, 5.41) is 12.1. The number of ether oxygens (including phenoxy) is 2. The zero-order valence-corrected chi connectivity index (χ0v) is 24.5. The van der Waals surface area contributed by atoms with Gasteiger partial charge in [-0.2, -0.15) is 9.97 Å². The van der Waals surface area contributed by atoms with Crippen molar-refractivity contribution in [2.24, 2.45) is 0 Å². The van der Waals surface area contributed by atoms with E-state index < -0.39 is 23.3 Å². The van der Waals surface area contributed by atoms with Gasteiger partial charge < -0.3 is 19.5 Å². The summed E-state index contributed by atoms with van der Waals surface area (Å²) in [5.74, 6) is -0.685. The Bertz CT molecular complexity index is 1780. The molecule has 0 spiro atoms. The molecule has 4 fully saturated rings. The number of aromatic nitrogens is 3. The van der Waals surface area contributed by atoms with Gasteiger partial charge in [-0.25, -0.2) is 13.2 Å². The Morgan fingerprint density at radius 2 is 1.93 bits per heavy atom. The number of phenols is 1. The monoisotopic (exact) mass is 605 g/mol. The van der Waals surface area contributed by atoms with E-state index in [1.807, 2.05) is 6.92 Å². The van der Waals surface area contributed by atoms with Gasteiger partial charge in [0.25, 0.3) is 0 Å². The number of pyridine rings is 1. The minimum Gasteiger partial charge on any atom is -0.508 e. The van der Waals surface area contributed by atoms with E-state index in [0.717, 1.165) is 32.2 Å². The maximum absolute atomic E-state index is 16.8. The topological polar surface area (TPSA) is 83.8 Å². The summed E-state index contributed by atoms with van der Waals surface area (Å²) < 4.78 is 58.4. The molecule has 4 saturated heterocycles. The van der Waals surface area contributed by atoms with Gasteiger partial charge in [-0.05, 0) is 73.2 Å². The van der Waals surface area contributed by atoms with Gasteiger partial charge in [-0.3, -0.25) is 9.88 Å². The van der Waals surface area contributed by atoms with Gasteiger partial charge in [-0.1, -0.05) is 13.0 Å². The first kappa shape index (κ1) is 27.8. The Morgan fingerprint density at radius 1 is 1.11 bits per heavy atom. The predicted molar refractivity (Wildman–Crippen MR) is 160 cm³/mol. The van der Waals surface area contributed by atoms with Gasteiger partial charge in [0, 0.05) is 37.8 Å². The molecule has 44 heavy (non-hydrogen) atoms. The highest BCUT2D eigenvalue weighted by Gasteiger charge is 2.49. The van der Waals surface area contributed by atoms with Crippen molar-refractivity contribution < 1.29 is 27.8 Å². The van der Waals surface area contributed by atoms with Crippen LogP contribution < -0.4 is 9.64 Å². The van der Waals surface area contributed by atoms with Crippen LogP contribution in [-0.4, -0.2) is 81.7 Å². The van der Waals surface area contributed by atoms with Crippen LogP contribution in [0.3, 0.4) is 0 Å². The first-order valence-corrected chi connectivity index (χ1v) is 15.5. The molecule has 4 aliphatic heterocycles. The Kier molecular flexibility index (Phi) is 6.60. The van der Waals surface area contributed by atoms with Crippen LogP contribution >= 0.6 is 0 Å². The van der Waals surface area contributed by atoms with E-state index in [0.29, 0.717) is 60.0 Å². The molecule has 4 aliphatic rings. The average molecular weight is 606 g/mol. The molecule has 4 aromatic rings. The van der Waals surface area contributed by atoms with Gasteiger partial charge in [0.05, 0.1) is 23.1 Å². The van der Waals surface area contributed by atoms with Crippen molar-refractivity contribution in [1.82, 2.24) is 19.9 Å². The van der Waals surface area contributed by atoms with Gasteiger partial charge in [0.2, 0.25) is 0 Å². The Hall–Kier alpha value is -3.70. The summed E-state index contributed by atoms with van der Waals surface area (Å²) in [5.41, 5.74) is 0.253. The summed E-state index contributed by atoms with van der Waals surface area (Å²) in [7, 11) is 0. The van der Waals surface area contributed by atoms with Crippen molar-refractivity contribution in [3.8, 4) is 23.0 Å². The van der Waals surface area contributed by atoms with Gasteiger partial charge in [0.15, 0.2) is 5.82 Å². The summed E-state index contributed by atoms with van der Waals surface area (Å²) in [4.78, 5) is 18.1. The largest absolute Gasteiger partial charge is 0.508 e. The number of alkyl halides is 1. The number of aromatic hydroxyl groups is 1. The fraction of sp³-hybridized carbons (Fsp3) is 0.485. The molecule has 230 valence electrons. The van der Waals surface area contributed by atoms with Crippen LogP contribution in [0.5, 0.6) is 11.8 Å². The minimum atomic E-state index is -0.906. The maximum atomic E-state index is 16.8. The smallest absolute Gasteiger partial charge is 0.319 e. The second-order valence-corrected chi connectivity index (χ2v) is 12.7. The second kappa shape index (κ2) is 10.4. The number of morpholine rings is 1. The van der Waals surface area contributed by atoms with Crippen LogP contribution in [-0.2, 0) is 11.2 Å². The molecular weight excluding hydrogens is 571 g/mol. The van der Waals surface area contributed by atoms with Gasteiger partial charge in [-0.15, -0.1) is 0 Å². The van der Waals surface area contributed by atoms with Gasteiger partial charge in [0.1, 0.15) is 41.4 Å². The number of benzene rings is 2. The van der Waals surface area contributed by atoms with Crippen molar-refractivity contribution in [1.29, 1.82) is 0 Å². The lowest BCUT2D eigenvalue weighted by Crippen LogP contribution is -2.44. The Morgan fingerprint density at radius 3 is 2.73 bits per heavy atom. The quantitative estimate of drug-likeness (QED) is 0.299. The second-order valence-electron chi connectivity index (χ2n) is 12.7. The molecule has 0 aliphatic carbocycles. The standard InChI is InChI=1S/C33H34F3N5O3/c1-2-23-26(35)7-4-18-10-20(42)11-24(27(18)23)29-28(36)30-25(13-37-29)31(40-15-21-5-6-22(16-40)44-21)39-32(38-30)43-17-33-8-3-9-41(33)14-19(34)12-33/h4,7,10-11,13,19,21-22,42H,2-3,5-6,8-9,12,14-17H2,1H3/t19-,21?,22?,33?/m1/s1. The number of nitrogens with zero attached hydrogens (tertiary/aromatic N) is 5. The van der Waals surface area contributed by atoms with Crippen molar-refractivity contribution in [2.45, 2.75) is 69.4 Å². The number of hydrogen-bond donors (Lipinski definition) is 1. The molecule has 8 nitrogen and oxygen atoms in total. The molecule has 6 heterocycles. The molecule has 2 aromatic carbocycles. The highest BCUT2D eigenvalue weighted by molar-refractivity contribution is 6.01. The molecule has 2 bridgehead atoms. The molecule has 0 radical (unpaired) electrons. The number of phenolic OH excluding ortho intramolecular Hbond substituents is 1. The first-order chi connectivity index (χ1) is 21.3. The van der Waals surface area contributed by atoms with Crippen LogP contribution in [0.25, 0.3) is 32.9 Å². The Labute approximate surface area is 252 Å². The fourth-order valence-electron chi connectivity index (χ4n) is 7.98. The number of halogens is 3. The van der Waals surface area contributed by atoms with Crippen LogP contribution in [0.15, 0.2) is 30.5 Å². The molecule has 2 aromatic heterocycles. The van der Waals surface area contributed by atoms with Gasteiger partial charge >= 0.3 is 6.01 Å². The third-order valence-electron chi connectivity index (χ3n) is 9.98. The lowest BCUT2D eigenvalue weighted by atomic mass is 9.94. The number of anilines is 1. The molecule has 0 saturated carbocycles. The van der Waals surface area contributed by atoms with Crippen LogP contribution in [0.4, 0.5) is 19.0 Å². The highest BCUT2D eigenvalue weighted by Crippen LogP contribution is 2.42. The Balaban J connectivity index is 1.27. The van der Waals surface area contributed by atoms with Crippen molar-refractivity contribution >= 4 is 27.5 Å². The van der Waals surface area contributed by atoms with E-state index in [4.69, 9.17) is 14.5 Å². The molecular formula is C33H34F3N5O3. The van der Waals surface area contributed by atoms with E-state index in [9.17, 15) is 13.9 Å². The number of fused-ring (bicyclic) bond motifs is 5. The van der Waals surface area contributed by atoms with Crippen molar-refractivity contribution in [3.05, 3.63) is 47.7 Å². The number of aryl methyl sites for hydroxylation is 1.